The van der Waals surface area contributed by atoms with E-state index in [1.54, 1.807) is 38.7 Å². The normalized spacial score (nSPS) is 14.7. The van der Waals surface area contributed by atoms with Gasteiger partial charge in [0.15, 0.2) is 6.61 Å². The molecule has 1 fully saturated rings. The van der Waals surface area contributed by atoms with Gasteiger partial charge in [-0.1, -0.05) is 12.1 Å². The molecule has 0 unspecified atom stereocenters. The van der Waals surface area contributed by atoms with Crippen molar-refractivity contribution < 1.29 is 28.8 Å². The average Bonchev–Trinajstić information content (AvgIpc) is 2.66. The second-order valence-corrected chi connectivity index (χ2v) is 8.12. The van der Waals surface area contributed by atoms with Gasteiger partial charge in [-0.25, -0.2) is 4.79 Å². The smallest absolute Gasteiger partial charge is 0.410 e. The highest BCUT2D eigenvalue weighted by atomic mass is 16.6. The van der Waals surface area contributed by atoms with Crippen LogP contribution in [0.1, 0.15) is 39.2 Å². The van der Waals surface area contributed by atoms with Gasteiger partial charge in [-0.05, 0) is 46.1 Å². The molecule has 10 nitrogen and oxygen atoms in total. The van der Waals surface area contributed by atoms with Crippen molar-refractivity contribution in [2.45, 2.75) is 46.1 Å². The van der Waals surface area contributed by atoms with Gasteiger partial charge in [0, 0.05) is 19.2 Å². The Kier molecular flexibility index (Phi) is 7.36. The standard InChI is InChI=1S/C20H27N3O7/c1-13-6-5-7-15(23(27)28)17(13)21-16(24)12-29-18(25)14-8-10-22(11-9-14)19(26)30-20(2,3)4/h5-7,14H,8-12H2,1-4H3,(H,21,24). The van der Waals surface area contributed by atoms with Crippen LogP contribution in [0.3, 0.4) is 0 Å². The van der Waals surface area contributed by atoms with E-state index in [9.17, 15) is 24.5 Å². The fraction of sp³-hybridized carbons (Fsp3) is 0.550. The average molecular weight is 421 g/mol. The Labute approximate surface area is 174 Å². The number of anilines is 1. The number of likely N-dealkylation sites (tertiary alicyclic amines) is 1. The van der Waals surface area contributed by atoms with Crippen LogP contribution in [0.5, 0.6) is 0 Å². The molecule has 0 aromatic heterocycles. The first-order valence-corrected chi connectivity index (χ1v) is 9.66. The summed E-state index contributed by atoms with van der Waals surface area (Å²) in [5.74, 6) is -1.62. The number of nitrogens with zero attached hydrogens (tertiary/aromatic N) is 2. The number of piperidine rings is 1. The van der Waals surface area contributed by atoms with Crippen LogP contribution in [-0.4, -0.2) is 53.1 Å². The minimum absolute atomic E-state index is 0.0780. The number of carbonyl (C=O) groups excluding carboxylic acids is 3. The number of para-hydroxylation sites is 1. The van der Waals surface area contributed by atoms with E-state index < -0.39 is 41.0 Å². The Hall–Kier alpha value is -3.17. The number of aryl methyl sites for hydroxylation is 1. The van der Waals surface area contributed by atoms with E-state index in [0.717, 1.165) is 0 Å². The number of nitro benzene ring substituents is 1. The molecule has 0 bridgehead atoms. The molecule has 1 aromatic rings. The van der Waals surface area contributed by atoms with Crippen molar-refractivity contribution >= 4 is 29.3 Å². The molecule has 30 heavy (non-hydrogen) atoms. The summed E-state index contributed by atoms with van der Waals surface area (Å²) in [7, 11) is 0. The minimum atomic E-state index is -0.660. The Morgan fingerprint density at radius 3 is 2.43 bits per heavy atom. The van der Waals surface area contributed by atoms with Crippen molar-refractivity contribution in [2.24, 2.45) is 5.92 Å². The van der Waals surface area contributed by atoms with Gasteiger partial charge in [0.1, 0.15) is 11.3 Å². The summed E-state index contributed by atoms with van der Waals surface area (Å²) in [5, 5.41) is 13.5. The second-order valence-electron chi connectivity index (χ2n) is 8.12. The third-order valence-electron chi connectivity index (χ3n) is 4.54. The number of benzene rings is 1. The molecular weight excluding hydrogens is 394 g/mol. The van der Waals surface area contributed by atoms with Crippen molar-refractivity contribution in [2.75, 3.05) is 25.0 Å². The molecule has 0 atom stereocenters. The fourth-order valence-electron chi connectivity index (χ4n) is 3.02. The lowest BCUT2D eigenvalue weighted by molar-refractivity contribution is -0.384. The van der Waals surface area contributed by atoms with Gasteiger partial charge in [-0.15, -0.1) is 0 Å². The van der Waals surface area contributed by atoms with E-state index in [4.69, 9.17) is 9.47 Å². The Balaban J connectivity index is 1.83. The van der Waals surface area contributed by atoms with E-state index >= 15 is 0 Å². The van der Waals surface area contributed by atoms with Crippen molar-refractivity contribution in [3.8, 4) is 0 Å². The third kappa shape index (κ3) is 6.43. The van der Waals surface area contributed by atoms with Crippen LogP contribution in [0.15, 0.2) is 18.2 Å². The molecule has 1 aliphatic heterocycles. The molecule has 1 aromatic carbocycles. The summed E-state index contributed by atoms with van der Waals surface area (Å²) < 4.78 is 10.4. The van der Waals surface area contributed by atoms with Crippen LogP contribution in [0.25, 0.3) is 0 Å². The molecule has 2 rings (SSSR count). The first-order valence-electron chi connectivity index (χ1n) is 9.66. The summed E-state index contributed by atoms with van der Waals surface area (Å²) in [6.07, 6.45) is 0.389. The zero-order valence-corrected chi connectivity index (χ0v) is 17.6. The summed E-state index contributed by atoms with van der Waals surface area (Å²) >= 11 is 0. The van der Waals surface area contributed by atoms with E-state index in [1.807, 2.05) is 0 Å². The topological polar surface area (TPSA) is 128 Å². The Bertz CT molecular complexity index is 824. The van der Waals surface area contributed by atoms with Gasteiger partial charge in [-0.3, -0.25) is 19.7 Å². The highest BCUT2D eigenvalue weighted by molar-refractivity contribution is 5.95. The van der Waals surface area contributed by atoms with E-state index in [1.165, 1.54) is 12.1 Å². The maximum Gasteiger partial charge on any atom is 0.410 e. The number of hydrogen-bond acceptors (Lipinski definition) is 7. The largest absolute Gasteiger partial charge is 0.455 e. The van der Waals surface area contributed by atoms with Crippen molar-refractivity contribution in [1.82, 2.24) is 4.90 Å². The Morgan fingerprint density at radius 1 is 1.23 bits per heavy atom. The van der Waals surface area contributed by atoms with Crippen molar-refractivity contribution in [3.63, 3.8) is 0 Å². The van der Waals surface area contributed by atoms with Crippen LogP contribution in [0.4, 0.5) is 16.2 Å². The number of amides is 2. The molecule has 1 aliphatic rings. The number of hydrogen-bond donors (Lipinski definition) is 1. The van der Waals surface area contributed by atoms with Crippen LogP contribution in [-0.2, 0) is 19.1 Å². The van der Waals surface area contributed by atoms with Gasteiger partial charge < -0.3 is 19.7 Å². The monoisotopic (exact) mass is 421 g/mol. The zero-order valence-electron chi connectivity index (χ0n) is 17.6. The first-order chi connectivity index (χ1) is 14.0. The molecule has 0 radical (unpaired) electrons. The predicted octanol–water partition coefficient (Wildman–Crippen LogP) is 3.03. The Morgan fingerprint density at radius 2 is 1.87 bits per heavy atom. The molecule has 164 valence electrons. The van der Waals surface area contributed by atoms with E-state index in [2.05, 4.69) is 5.32 Å². The highest BCUT2D eigenvalue weighted by Crippen LogP contribution is 2.27. The predicted molar refractivity (Wildman–Crippen MR) is 108 cm³/mol. The second kappa shape index (κ2) is 9.55. The summed E-state index contributed by atoms with van der Waals surface area (Å²) in [5.41, 5.74) is -0.219. The third-order valence-corrected chi connectivity index (χ3v) is 4.54. The number of ether oxygens (including phenoxy) is 2. The molecule has 1 saturated heterocycles. The van der Waals surface area contributed by atoms with Gasteiger partial charge in [0.25, 0.3) is 11.6 Å². The number of rotatable bonds is 5. The van der Waals surface area contributed by atoms with Gasteiger partial charge in [0.2, 0.25) is 0 Å². The van der Waals surface area contributed by atoms with Crippen LogP contribution >= 0.6 is 0 Å². The molecule has 2 amide bonds. The van der Waals surface area contributed by atoms with Gasteiger partial charge in [-0.2, -0.15) is 0 Å². The first kappa shape index (κ1) is 23.1. The SMILES string of the molecule is Cc1cccc([N+](=O)[O-])c1NC(=O)COC(=O)C1CCN(C(=O)OC(C)(C)C)CC1. The maximum atomic E-state index is 12.3. The molecule has 10 heteroatoms. The summed E-state index contributed by atoms with van der Waals surface area (Å²) in [6, 6.07) is 4.44. The lowest BCUT2D eigenvalue weighted by Crippen LogP contribution is -2.43. The highest BCUT2D eigenvalue weighted by Gasteiger charge is 2.31. The number of esters is 1. The lowest BCUT2D eigenvalue weighted by Gasteiger charge is -2.32. The maximum absolute atomic E-state index is 12.3. The van der Waals surface area contributed by atoms with Crippen molar-refractivity contribution in [1.29, 1.82) is 0 Å². The summed E-state index contributed by atoms with van der Waals surface area (Å²) in [6.45, 7) is 7.15. The molecule has 1 N–H and O–H groups in total. The molecule has 0 aliphatic carbocycles. The molecule has 1 heterocycles. The molecular formula is C20H27N3O7. The van der Waals surface area contributed by atoms with Crippen molar-refractivity contribution in [3.05, 3.63) is 33.9 Å². The van der Waals surface area contributed by atoms with Crippen LogP contribution in [0.2, 0.25) is 0 Å². The fourth-order valence-corrected chi connectivity index (χ4v) is 3.02. The van der Waals surface area contributed by atoms with E-state index in [0.29, 0.717) is 31.5 Å². The minimum Gasteiger partial charge on any atom is -0.455 e. The van der Waals surface area contributed by atoms with E-state index in [-0.39, 0.29) is 11.4 Å². The number of nitro groups is 1. The zero-order chi connectivity index (χ0) is 22.5. The molecule has 0 saturated carbocycles. The molecule has 0 spiro atoms. The number of carbonyl (C=O) groups is 3. The van der Waals surface area contributed by atoms with Crippen LogP contribution in [0, 0.1) is 23.0 Å². The lowest BCUT2D eigenvalue weighted by atomic mass is 9.97. The summed E-state index contributed by atoms with van der Waals surface area (Å²) in [4.78, 5) is 48.5. The van der Waals surface area contributed by atoms with Gasteiger partial charge >= 0.3 is 12.1 Å². The number of nitrogens with one attached hydrogen (secondary N) is 1. The van der Waals surface area contributed by atoms with Gasteiger partial charge in [0.05, 0.1) is 10.8 Å². The quantitative estimate of drug-likeness (QED) is 0.439. The van der Waals surface area contributed by atoms with Crippen LogP contribution < -0.4 is 5.32 Å².